The van der Waals surface area contributed by atoms with Gasteiger partial charge in [-0.15, -0.1) is 11.8 Å². The highest BCUT2D eigenvalue weighted by atomic mass is 32.2. The van der Waals surface area contributed by atoms with E-state index in [2.05, 4.69) is 6.07 Å². The average Bonchev–Trinajstić information content (AvgIpc) is 2.16. The van der Waals surface area contributed by atoms with Crippen molar-refractivity contribution in [3.63, 3.8) is 0 Å². The number of ketones is 1. The third-order valence-corrected chi connectivity index (χ3v) is 2.66. The molecule has 0 spiro atoms. The number of hydrogen-bond donors (Lipinski definition) is 0. The summed E-state index contributed by atoms with van der Waals surface area (Å²) in [7, 11) is 0. The molecule has 1 aromatic rings. The lowest BCUT2D eigenvalue weighted by atomic mass is 10.0. The topological polar surface area (TPSA) is 40.9 Å². The molecule has 0 unspecified atom stereocenters. The van der Waals surface area contributed by atoms with Crippen LogP contribution in [0.2, 0.25) is 0 Å². The maximum atomic E-state index is 11.0. The third-order valence-electron chi connectivity index (χ3n) is 1.88. The van der Waals surface area contributed by atoms with Crippen molar-refractivity contribution >= 4 is 17.5 Å². The van der Waals surface area contributed by atoms with Gasteiger partial charge in [-0.05, 0) is 24.8 Å². The van der Waals surface area contributed by atoms with Gasteiger partial charge < -0.3 is 0 Å². The summed E-state index contributed by atoms with van der Waals surface area (Å²) in [6, 6.07) is 7.76. The molecule has 1 rings (SSSR count). The van der Waals surface area contributed by atoms with E-state index >= 15 is 0 Å². The van der Waals surface area contributed by atoms with Gasteiger partial charge in [0.15, 0.2) is 0 Å². The molecule has 0 fully saturated rings. The van der Waals surface area contributed by atoms with Crippen molar-refractivity contribution < 1.29 is 4.79 Å². The third kappa shape index (κ3) is 2.36. The minimum absolute atomic E-state index is 0.0831. The average molecular weight is 205 g/mol. The molecular weight excluding hydrogens is 194 g/mol. The van der Waals surface area contributed by atoms with Crippen LogP contribution in [0, 0.1) is 11.3 Å². The molecule has 0 aliphatic heterocycles. The van der Waals surface area contributed by atoms with Crippen LogP contribution >= 0.6 is 11.8 Å². The number of carbonyl (C=O) groups excluding carboxylic acids is 1. The molecule has 0 N–H and O–H groups in total. The summed E-state index contributed by atoms with van der Waals surface area (Å²) in [4.78, 5) is 11.9. The Morgan fingerprint density at radius 3 is 2.79 bits per heavy atom. The fourth-order valence-electron chi connectivity index (χ4n) is 1.29. The molecule has 14 heavy (non-hydrogen) atoms. The molecule has 0 heterocycles. The Balaban J connectivity index is 3.17. The molecule has 0 saturated carbocycles. The van der Waals surface area contributed by atoms with Gasteiger partial charge in [0.1, 0.15) is 11.9 Å². The monoisotopic (exact) mass is 205 g/mol. The van der Waals surface area contributed by atoms with Crippen LogP contribution in [0.5, 0.6) is 0 Å². The molecule has 0 amide bonds. The normalized spacial score (nSPS) is 9.50. The van der Waals surface area contributed by atoms with Gasteiger partial charge in [-0.1, -0.05) is 12.1 Å². The van der Waals surface area contributed by atoms with Gasteiger partial charge in [0.2, 0.25) is 0 Å². The van der Waals surface area contributed by atoms with E-state index in [1.807, 2.05) is 24.5 Å². The van der Waals surface area contributed by atoms with Crippen LogP contribution in [0.25, 0.3) is 0 Å². The highest BCUT2D eigenvalue weighted by Gasteiger charge is 2.08. The molecule has 0 bridgehead atoms. The van der Waals surface area contributed by atoms with E-state index in [0.29, 0.717) is 12.0 Å². The van der Waals surface area contributed by atoms with E-state index in [9.17, 15) is 4.79 Å². The Morgan fingerprint density at radius 1 is 1.57 bits per heavy atom. The van der Waals surface area contributed by atoms with Gasteiger partial charge in [-0.3, -0.25) is 4.79 Å². The fraction of sp³-hybridized carbons (Fsp3) is 0.273. The molecule has 0 radical (unpaired) electrons. The second kappa shape index (κ2) is 4.83. The van der Waals surface area contributed by atoms with Crippen LogP contribution in [0.3, 0.4) is 0 Å². The van der Waals surface area contributed by atoms with E-state index in [1.165, 1.54) is 18.7 Å². The molecule has 0 aromatic heterocycles. The van der Waals surface area contributed by atoms with Crippen LogP contribution in [0.1, 0.15) is 18.1 Å². The smallest absolute Gasteiger partial charge is 0.134 e. The predicted molar refractivity (Wildman–Crippen MR) is 57.3 cm³/mol. The number of nitrogens with zero attached hydrogens (tertiary/aromatic N) is 1. The molecule has 1 aromatic carbocycles. The van der Waals surface area contributed by atoms with Crippen LogP contribution in [-0.4, -0.2) is 12.0 Å². The number of thioether (sulfide) groups is 1. The molecule has 3 heteroatoms. The van der Waals surface area contributed by atoms with Crippen LogP contribution in [-0.2, 0) is 11.2 Å². The Labute approximate surface area is 87.9 Å². The van der Waals surface area contributed by atoms with E-state index in [0.717, 1.165) is 10.5 Å². The summed E-state index contributed by atoms with van der Waals surface area (Å²) in [5.74, 6) is 0.0831. The number of nitriles is 1. The molecule has 2 nitrogen and oxygen atoms in total. The summed E-state index contributed by atoms with van der Waals surface area (Å²) >= 11 is 1.53. The Bertz CT molecular complexity index is 393. The van der Waals surface area contributed by atoms with Crippen molar-refractivity contribution in [3.05, 3.63) is 29.3 Å². The fourth-order valence-corrected chi connectivity index (χ4v) is 1.88. The minimum Gasteiger partial charge on any atom is -0.300 e. The van der Waals surface area contributed by atoms with Crippen LogP contribution in [0.15, 0.2) is 23.1 Å². The molecule has 0 aliphatic rings. The first-order valence-electron chi connectivity index (χ1n) is 4.24. The molecular formula is C11H11NOS. The first-order chi connectivity index (χ1) is 6.69. The van der Waals surface area contributed by atoms with Crippen LogP contribution < -0.4 is 0 Å². The molecule has 0 saturated heterocycles. The lowest BCUT2D eigenvalue weighted by molar-refractivity contribution is -0.116. The van der Waals surface area contributed by atoms with Gasteiger partial charge in [-0.2, -0.15) is 5.26 Å². The largest absolute Gasteiger partial charge is 0.300 e. The van der Waals surface area contributed by atoms with Crippen molar-refractivity contribution in [2.75, 3.05) is 6.26 Å². The van der Waals surface area contributed by atoms with Crippen molar-refractivity contribution in [1.29, 1.82) is 5.26 Å². The number of hydrogen-bond acceptors (Lipinski definition) is 3. The summed E-state index contributed by atoms with van der Waals surface area (Å²) in [5, 5.41) is 8.97. The second-order valence-corrected chi connectivity index (χ2v) is 3.83. The Kier molecular flexibility index (Phi) is 3.73. The standard InChI is InChI=1S/C11H11NOS/c1-8(13)6-9-4-3-5-11(14-2)10(9)7-12/h3-5H,6H2,1-2H3. The highest BCUT2D eigenvalue weighted by Crippen LogP contribution is 2.23. The zero-order chi connectivity index (χ0) is 10.6. The van der Waals surface area contributed by atoms with Gasteiger partial charge in [-0.25, -0.2) is 0 Å². The van der Waals surface area contributed by atoms with Crippen molar-refractivity contribution in [3.8, 4) is 6.07 Å². The van der Waals surface area contributed by atoms with Crippen LogP contribution in [0.4, 0.5) is 0 Å². The summed E-state index contributed by atoms with van der Waals surface area (Å²) in [5.41, 5.74) is 1.46. The number of benzene rings is 1. The van der Waals surface area contributed by atoms with Gasteiger partial charge in [0.25, 0.3) is 0 Å². The predicted octanol–water partition coefficient (Wildman–Crippen LogP) is 2.41. The van der Waals surface area contributed by atoms with Crippen molar-refractivity contribution in [2.24, 2.45) is 0 Å². The lowest BCUT2D eigenvalue weighted by Gasteiger charge is -2.05. The molecule has 0 aliphatic carbocycles. The Hall–Kier alpha value is -1.27. The highest BCUT2D eigenvalue weighted by molar-refractivity contribution is 7.98. The minimum atomic E-state index is 0.0831. The number of rotatable bonds is 3. The SMILES string of the molecule is CSc1cccc(CC(C)=O)c1C#N. The second-order valence-electron chi connectivity index (χ2n) is 2.98. The number of carbonyl (C=O) groups is 1. The van der Waals surface area contributed by atoms with Crippen molar-refractivity contribution in [1.82, 2.24) is 0 Å². The first-order valence-corrected chi connectivity index (χ1v) is 5.47. The van der Waals surface area contributed by atoms with Crippen molar-refractivity contribution in [2.45, 2.75) is 18.2 Å². The van der Waals surface area contributed by atoms with Gasteiger partial charge in [0, 0.05) is 11.3 Å². The van der Waals surface area contributed by atoms with E-state index in [-0.39, 0.29) is 5.78 Å². The summed E-state index contributed by atoms with van der Waals surface area (Å²) < 4.78 is 0. The first kappa shape index (κ1) is 10.8. The summed E-state index contributed by atoms with van der Waals surface area (Å²) in [6.07, 6.45) is 2.27. The number of Topliss-reactive ketones (excluding diaryl/α,β-unsaturated/α-hetero) is 1. The quantitative estimate of drug-likeness (QED) is 0.711. The Morgan fingerprint density at radius 2 is 2.29 bits per heavy atom. The van der Waals surface area contributed by atoms with Gasteiger partial charge >= 0.3 is 0 Å². The van der Waals surface area contributed by atoms with E-state index in [1.54, 1.807) is 0 Å². The zero-order valence-corrected chi connectivity index (χ0v) is 9.02. The molecule has 0 atom stereocenters. The van der Waals surface area contributed by atoms with E-state index in [4.69, 9.17) is 5.26 Å². The summed E-state index contributed by atoms with van der Waals surface area (Å²) in [6.45, 7) is 1.53. The molecule has 72 valence electrons. The maximum absolute atomic E-state index is 11.0. The van der Waals surface area contributed by atoms with Gasteiger partial charge in [0.05, 0.1) is 5.56 Å². The lowest BCUT2D eigenvalue weighted by Crippen LogP contribution is -1.99. The zero-order valence-electron chi connectivity index (χ0n) is 8.20. The van der Waals surface area contributed by atoms with E-state index < -0.39 is 0 Å². The maximum Gasteiger partial charge on any atom is 0.134 e.